The monoisotopic (exact) mass is 275 g/mol. The van der Waals surface area contributed by atoms with Crippen molar-refractivity contribution >= 4 is 12.0 Å². The average molecular weight is 275 g/mol. The second-order valence-electron chi connectivity index (χ2n) is 5.38. The number of aryl methyl sites for hydroxylation is 1. The van der Waals surface area contributed by atoms with Gasteiger partial charge in [0.15, 0.2) is 0 Å². The number of hydrogen-bond donors (Lipinski definition) is 1. The van der Waals surface area contributed by atoms with Crippen molar-refractivity contribution < 1.29 is 9.90 Å². The minimum atomic E-state index is -1.03. The van der Waals surface area contributed by atoms with E-state index in [0.29, 0.717) is 5.56 Å². The number of nitrogens with zero attached hydrogens (tertiary/aromatic N) is 1. The summed E-state index contributed by atoms with van der Waals surface area (Å²) in [6.45, 7) is 4.10. The lowest BCUT2D eigenvalue weighted by molar-refractivity contribution is -0.131. The van der Waals surface area contributed by atoms with Crippen LogP contribution < -0.4 is 5.56 Å². The van der Waals surface area contributed by atoms with E-state index in [-0.39, 0.29) is 11.6 Å². The summed E-state index contributed by atoms with van der Waals surface area (Å²) >= 11 is 0. The van der Waals surface area contributed by atoms with Crippen LogP contribution >= 0.6 is 0 Å². The third kappa shape index (κ3) is 2.84. The Hall–Kier alpha value is -1.84. The van der Waals surface area contributed by atoms with Gasteiger partial charge in [0, 0.05) is 23.4 Å². The summed E-state index contributed by atoms with van der Waals surface area (Å²) in [6.07, 6.45) is 7.50. The molecular weight excluding hydrogens is 254 g/mol. The lowest BCUT2D eigenvalue weighted by Gasteiger charge is -2.25. The van der Waals surface area contributed by atoms with Gasteiger partial charge in [0.25, 0.3) is 5.56 Å². The van der Waals surface area contributed by atoms with Crippen LogP contribution in [-0.4, -0.2) is 15.6 Å². The topological polar surface area (TPSA) is 59.3 Å². The van der Waals surface area contributed by atoms with Gasteiger partial charge in [-0.3, -0.25) is 4.79 Å². The molecule has 0 spiro atoms. The van der Waals surface area contributed by atoms with E-state index in [0.717, 1.165) is 43.9 Å². The number of carboxylic acids is 1. The number of rotatable bonds is 4. The first-order valence-electron chi connectivity index (χ1n) is 7.23. The van der Waals surface area contributed by atoms with Gasteiger partial charge in [0.1, 0.15) is 0 Å². The van der Waals surface area contributed by atoms with Crippen LogP contribution in [0.25, 0.3) is 6.08 Å². The van der Waals surface area contributed by atoms with Crippen LogP contribution in [0.5, 0.6) is 0 Å². The van der Waals surface area contributed by atoms with E-state index in [9.17, 15) is 9.59 Å². The quantitative estimate of drug-likeness (QED) is 0.860. The van der Waals surface area contributed by atoms with E-state index in [1.807, 2.05) is 17.6 Å². The molecule has 1 aromatic rings. The second kappa shape index (κ2) is 6.07. The summed E-state index contributed by atoms with van der Waals surface area (Å²) < 4.78 is 1.87. The summed E-state index contributed by atoms with van der Waals surface area (Å²) in [5, 5.41) is 8.73. The van der Waals surface area contributed by atoms with Gasteiger partial charge in [-0.1, -0.05) is 6.92 Å². The molecule has 1 aliphatic rings. The summed E-state index contributed by atoms with van der Waals surface area (Å²) in [4.78, 5) is 23.2. The predicted molar refractivity (Wildman–Crippen MR) is 79.0 cm³/mol. The third-order valence-electron chi connectivity index (χ3n) is 4.00. The first-order valence-corrected chi connectivity index (χ1v) is 7.23. The number of carboxylic acid groups (broad SMARTS) is 1. The lowest BCUT2D eigenvalue weighted by atomic mass is 9.93. The molecule has 0 aromatic carbocycles. The fourth-order valence-corrected chi connectivity index (χ4v) is 2.78. The molecule has 1 heterocycles. The molecule has 4 heteroatoms. The SMILES string of the molecule is CCC(C)n1c2c(cc(/C=C/C(=O)O)c1=O)CCCC2. The van der Waals surface area contributed by atoms with Crippen molar-refractivity contribution in [3.63, 3.8) is 0 Å². The van der Waals surface area contributed by atoms with E-state index in [4.69, 9.17) is 5.11 Å². The fraction of sp³-hybridized carbons (Fsp3) is 0.500. The molecule has 4 nitrogen and oxygen atoms in total. The standard InChI is InChI=1S/C16H21NO3/c1-3-11(2)17-14-7-5-4-6-12(14)10-13(16(17)20)8-9-15(18)19/h8-11H,3-7H2,1-2H3,(H,18,19)/b9-8+. The van der Waals surface area contributed by atoms with E-state index in [1.165, 1.54) is 11.6 Å². The van der Waals surface area contributed by atoms with Crippen LogP contribution in [0.4, 0.5) is 0 Å². The fourth-order valence-electron chi connectivity index (χ4n) is 2.78. The molecule has 0 radical (unpaired) electrons. The molecule has 0 saturated heterocycles. The second-order valence-corrected chi connectivity index (χ2v) is 5.38. The predicted octanol–water partition coefficient (Wildman–Crippen LogP) is 2.80. The van der Waals surface area contributed by atoms with E-state index < -0.39 is 5.97 Å². The smallest absolute Gasteiger partial charge is 0.328 e. The van der Waals surface area contributed by atoms with Gasteiger partial charge in [-0.15, -0.1) is 0 Å². The number of pyridine rings is 1. The highest BCUT2D eigenvalue weighted by Gasteiger charge is 2.19. The minimum absolute atomic E-state index is 0.0718. The number of fused-ring (bicyclic) bond motifs is 1. The Morgan fingerprint density at radius 3 is 2.80 bits per heavy atom. The van der Waals surface area contributed by atoms with Crippen LogP contribution in [0.15, 0.2) is 16.9 Å². The maximum atomic E-state index is 12.6. The van der Waals surface area contributed by atoms with Gasteiger partial charge in [-0.05, 0) is 56.7 Å². The lowest BCUT2D eigenvalue weighted by Crippen LogP contribution is -2.30. The summed E-state index contributed by atoms with van der Waals surface area (Å²) in [6, 6.07) is 2.02. The van der Waals surface area contributed by atoms with Gasteiger partial charge in [-0.25, -0.2) is 4.79 Å². The normalized spacial score (nSPS) is 16.1. The Morgan fingerprint density at radius 1 is 1.45 bits per heavy atom. The molecule has 1 atom stereocenters. The van der Waals surface area contributed by atoms with E-state index in [1.54, 1.807) is 0 Å². The Kier molecular flexibility index (Phi) is 4.42. The molecule has 1 aliphatic carbocycles. The number of aliphatic carboxylic acids is 1. The van der Waals surface area contributed by atoms with Crippen molar-refractivity contribution in [3.8, 4) is 0 Å². The first-order chi connectivity index (χ1) is 9.54. The van der Waals surface area contributed by atoms with Crippen LogP contribution in [0.2, 0.25) is 0 Å². The maximum absolute atomic E-state index is 12.6. The van der Waals surface area contributed by atoms with Crippen LogP contribution in [-0.2, 0) is 17.6 Å². The molecule has 2 rings (SSSR count). The molecule has 0 amide bonds. The molecule has 20 heavy (non-hydrogen) atoms. The molecule has 1 N–H and O–H groups in total. The van der Waals surface area contributed by atoms with Crippen LogP contribution in [0, 0.1) is 0 Å². The minimum Gasteiger partial charge on any atom is -0.478 e. The molecular formula is C16H21NO3. The number of carbonyl (C=O) groups is 1. The summed E-state index contributed by atoms with van der Waals surface area (Å²) in [5.74, 6) is -1.03. The Balaban J connectivity index is 2.60. The van der Waals surface area contributed by atoms with Crippen molar-refractivity contribution in [2.45, 2.75) is 52.0 Å². The number of aromatic nitrogens is 1. The van der Waals surface area contributed by atoms with Crippen LogP contribution in [0.3, 0.4) is 0 Å². The molecule has 0 bridgehead atoms. The summed E-state index contributed by atoms with van der Waals surface area (Å²) in [5.41, 5.74) is 2.75. The van der Waals surface area contributed by atoms with Crippen molar-refractivity contribution in [1.29, 1.82) is 0 Å². The highest BCUT2D eigenvalue weighted by molar-refractivity contribution is 5.85. The Morgan fingerprint density at radius 2 is 2.15 bits per heavy atom. The van der Waals surface area contributed by atoms with Gasteiger partial charge >= 0.3 is 5.97 Å². The first kappa shape index (κ1) is 14.6. The zero-order valence-corrected chi connectivity index (χ0v) is 12.1. The molecule has 0 fully saturated rings. The summed E-state index contributed by atoms with van der Waals surface area (Å²) in [7, 11) is 0. The van der Waals surface area contributed by atoms with Crippen molar-refractivity contribution in [3.05, 3.63) is 39.3 Å². The largest absolute Gasteiger partial charge is 0.478 e. The molecule has 1 unspecified atom stereocenters. The van der Waals surface area contributed by atoms with Crippen molar-refractivity contribution in [2.75, 3.05) is 0 Å². The van der Waals surface area contributed by atoms with E-state index in [2.05, 4.69) is 6.92 Å². The van der Waals surface area contributed by atoms with Gasteiger partial charge in [0.2, 0.25) is 0 Å². The van der Waals surface area contributed by atoms with Crippen molar-refractivity contribution in [1.82, 2.24) is 4.57 Å². The highest BCUT2D eigenvalue weighted by Crippen LogP contribution is 2.24. The average Bonchev–Trinajstić information content (AvgIpc) is 2.44. The van der Waals surface area contributed by atoms with Gasteiger partial charge < -0.3 is 9.67 Å². The zero-order chi connectivity index (χ0) is 14.7. The van der Waals surface area contributed by atoms with E-state index >= 15 is 0 Å². The molecule has 1 aromatic heterocycles. The Labute approximate surface area is 118 Å². The third-order valence-corrected chi connectivity index (χ3v) is 4.00. The molecule has 0 aliphatic heterocycles. The van der Waals surface area contributed by atoms with Gasteiger partial charge in [-0.2, -0.15) is 0 Å². The molecule has 0 saturated carbocycles. The van der Waals surface area contributed by atoms with Crippen LogP contribution in [0.1, 0.15) is 56.0 Å². The van der Waals surface area contributed by atoms with Gasteiger partial charge in [0.05, 0.1) is 0 Å². The molecule has 108 valence electrons. The number of hydrogen-bond acceptors (Lipinski definition) is 2. The zero-order valence-electron chi connectivity index (χ0n) is 12.1. The maximum Gasteiger partial charge on any atom is 0.328 e. The highest BCUT2D eigenvalue weighted by atomic mass is 16.4. The Bertz CT molecular complexity index is 598. The van der Waals surface area contributed by atoms with Crippen molar-refractivity contribution in [2.24, 2.45) is 0 Å².